The zero-order valence-electron chi connectivity index (χ0n) is 5.83. The van der Waals surface area contributed by atoms with Crippen molar-refractivity contribution in [2.24, 2.45) is 9.98 Å². The maximum atomic E-state index is 10.6. The lowest BCUT2D eigenvalue weighted by Crippen LogP contribution is -2.27. The topological polar surface area (TPSA) is 41.8 Å². The van der Waals surface area contributed by atoms with Gasteiger partial charge in [-0.3, -0.25) is 0 Å². The van der Waals surface area contributed by atoms with Gasteiger partial charge in [0.2, 0.25) is 5.29 Å². The van der Waals surface area contributed by atoms with Crippen molar-refractivity contribution < 1.29 is 4.79 Å². The molecule has 0 aliphatic carbocycles. The molecule has 11 heavy (non-hydrogen) atoms. The van der Waals surface area contributed by atoms with Crippen molar-refractivity contribution in [3.05, 3.63) is 12.7 Å². The molecule has 0 radical (unpaired) electrons. The van der Waals surface area contributed by atoms with Crippen molar-refractivity contribution >= 4 is 29.4 Å². The normalized spacial score (nSPS) is 28.3. The molecule has 0 spiro atoms. The molecule has 0 aromatic rings. The molecule has 0 fully saturated rings. The summed E-state index contributed by atoms with van der Waals surface area (Å²) in [5, 5.41) is 0.124. The summed E-state index contributed by atoms with van der Waals surface area (Å²) in [5.74, 6) is 0. The minimum atomic E-state index is -0.876. The Morgan fingerprint density at radius 1 is 1.82 bits per heavy atom. The number of carbonyl (C=O) groups is 1. The number of nitrogens with zero attached hydrogens (tertiary/aromatic N) is 2. The first-order valence-corrected chi connectivity index (χ1v) is 3.48. The van der Waals surface area contributed by atoms with Gasteiger partial charge in [-0.05, 0) is 11.6 Å². The lowest BCUT2D eigenvalue weighted by molar-refractivity contribution is -0.110. The van der Waals surface area contributed by atoms with Gasteiger partial charge in [0.25, 0.3) is 0 Å². The molecule has 1 heterocycles. The quantitative estimate of drug-likeness (QED) is 0.356. The Morgan fingerprint density at radius 2 is 2.55 bits per heavy atom. The minimum absolute atomic E-state index is 0.124. The summed E-state index contributed by atoms with van der Waals surface area (Å²) in [7, 11) is 0. The van der Waals surface area contributed by atoms with Crippen molar-refractivity contribution in [3.8, 4) is 0 Å². The molecule has 1 unspecified atom stereocenters. The lowest BCUT2D eigenvalue weighted by Gasteiger charge is -2.10. The van der Waals surface area contributed by atoms with Gasteiger partial charge in [-0.2, -0.15) is 0 Å². The van der Waals surface area contributed by atoms with Crippen molar-refractivity contribution in [1.82, 2.24) is 0 Å². The van der Waals surface area contributed by atoms with Crippen LogP contribution in [0.5, 0.6) is 0 Å². The number of carbonyl (C=O) groups excluding carboxylic acids is 1. The molecular formula is C7H7ClN2O. The van der Waals surface area contributed by atoms with Crippen LogP contribution < -0.4 is 0 Å². The molecule has 0 saturated carbocycles. The van der Waals surface area contributed by atoms with Crippen LogP contribution in [-0.4, -0.2) is 23.3 Å². The zero-order chi connectivity index (χ0) is 8.32. The minimum Gasteiger partial charge on any atom is -0.300 e. The fourth-order valence-electron chi connectivity index (χ4n) is 0.829. The van der Waals surface area contributed by atoms with E-state index in [9.17, 15) is 4.79 Å². The van der Waals surface area contributed by atoms with Gasteiger partial charge >= 0.3 is 0 Å². The van der Waals surface area contributed by atoms with Crippen LogP contribution in [-0.2, 0) is 4.79 Å². The number of amidine groups is 1. The van der Waals surface area contributed by atoms with Crippen molar-refractivity contribution in [2.75, 3.05) is 0 Å². The molecule has 0 bridgehead atoms. The van der Waals surface area contributed by atoms with E-state index in [4.69, 9.17) is 11.6 Å². The van der Waals surface area contributed by atoms with E-state index in [-0.39, 0.29) is 5.29 Å². The van der Waals surface area contributed by atoms with E-state index < -0.39 is 5.54 Å². The van der Waals surface area contributed by atoms with Gasteiger partial charge in [-0.25, -0.2) is 9.98 Å². The third kappa shape index (κ3) is 1.54. The number of hydrogen-bond acceptors (Lipinski definition) is 3. The summed E-state index contributed by atoms with van der Waals surface area (Å²) >= 11 is 5.47. The molecule has 0 aromatic heterocycles. The van der Waals surface area contributed by atoms with E-state index >= 15 is 0 Å². The summed E-state index contributed by atoms with van der Waals surface area (Å²) in [6, 6.07) is 0. The molecule has 1 rings (SSSR count). The Morgan fingerprint density at radius 3 is 2.91 bits per heavy atom. The van der Waals surface area contributed by atoms with Crippen LogP contribution in [0.4, 0.5) is 0 Å². The first kappa shape index (κ1) is 8.14. The summed E-state index contributed by atoms with van der Waals surface area (Å²) < 4.78 is 0. The average molecular weight is 171 g/mol. The second-order valence-electron chi connectivity index (χ2n) is 2.24. The summed E-state index contributed by atoms with van der Waals surface area (Å²) in [5.41, 5.74) is -0.876. The fraction of sp³-hybridized carbons (Fsp3) is 0.286. The molecule has 1 atom stereocenters. The zero-order valence-corrected chi connectivity index (χ0v) is 6.58. The van der Waals surface area contributed by atoms with E-state index in [1.807, 2.05) is 0 Å². The summed E-state index contributed by atoms with van der Waals surface area (Å²) in [4.78, 5) is 18.1. The first-order valence-electron chi connectivity index (χ1n) is 3.10. The van der Waals surface area contributed by atoms with Gasteiger partial charge in [-0.15, -0.1) is 6.58 Å². The third-order valence-corrected chi connectivity index (χ3v) is 1.55. The smallest absolute Gasteiger partial charge is 0.218 e. The molecule has 4 heteroatoms. The molecular weight excluding hydrogens is 164 g/mol. The lowest BCUT2D eigenvalue weighted by atomic mass is 10.0. The molecule has 3 nitrogen and oxygen atoms in total. The molecule has 58 valence electrons. The molecule has 1 aliphatic heterocycles. The predicted molar refractivity (Wildman–Crippen MR) is 45.4 cm³/mol. The number of hydrogen-bond donors (Lipinski definition) is 0. The van der Waals surface area contributed by atoms with E-state index in [2.05, 4.69) is 16.6 Å². The Hall–Kier alpha value is -0.960. The maximum Gasteiger partial charge on any atom is 0.218 e. The summed E-state index contributed by atoms with van der Waals surface area (Å²) in [6.45, 7) is 3.51. The summed E-state index contributed by atoms with van der Waals surface area (Å²) in [6.07, 6.45) is 4.20. The highest BCUT2D eigenvalue weighted by atomic mass is 35.5. The molecule has 0 saturated heterocycles. The van der Waals surface area contributed by atoms with Gasteiger partial charge in [0.1, 0.15) is 0 Å². The Balaban J connectivity index is 2.87. The molecule has 0 amide bonds. The van der Waals surface area contributed by atoms with Gasteiger partial charge < -0.3 is 4.79 Å². The number of aldehydes is 1. The largest absolute Gasteiger partial charge is 0.300 e. The molecule has 0 N–H and O–H groups in total. The van der Waals surface area contributed by atoms with E-state index in [1.54, 1.807) is 6.08 Å². The number of rotatable bonds is 3. The van der Waals surface area contributed by atoms with Gasteiger partial charge in [0.15, 0.2) is 11.8 Å². The van der Waals surface area contributed by atoms with Gasteiger partial charge in [0.05, 0.1) is 0 Å². The van der Waals surface area contributed by atoms with Crippen molar-refractivity contribution in [3.63, 3.8) is 0 Å². The Kier molecular flexibility index (Phi) is 2.19. The second kappa shape index (κ2) is 2.96. The fourth-order valence-corrected chi connectivity index (χ4v) is 1.04. The van der Waals surface area contributed by atoms with Gasteiger partial charge in [0, 0.05) is 12.6 Å². The van der Waals surface area contributed by atoms with Crippen LogP contribution in [0, 0.1) is 0 Å². The van der Waals surface area contributed by atoms with Crippen LogP contribution in [0.1, 0.15) is 6.42 Å². The standard InChI is InChI=1S/C7H7ClN2O/c1-2-3-7(5-11)4-9-6(8)10-7/h2,4-5H,1,3H2. The van der Waals surface area contributed by atoms with Gasteiger partial charge in [-0.1, -0.05) is 6.08 Å². The van der Waals surface area contributed by atoms with Crippen molar-refractivity contribution in [2.45, 2.75) is 12.0 Å². The van der Waals surface area contributed by atoms with Crippen molar-refractivity contribution in [1.29, 1.82) is 0 Å². The monoisotopic (exact) mass is 170 g/mol. The average Bonchev–Trinajstić information content (AvgIpc) is 2.34. The SMILES string of the molecule is C=CCC1(C=O)C=NC(Cl)=N1. The number of halogens is 1. The van der Waals surface area contributed by atoms with E-state index in [0.717, 1.165) is 0 Å². The van der Waals surface area contributed by atoms with Crippen LogP contribution >= 0.6 is 11.6 Å². The highest BCUT2D eigenvalue weighted by molar-refractivity contribution is 6.66. The predicted octanol–water partition coefficient (Wildman–Crippen LogP) is 1.18. The van der Waals surface area contributed by atoms with Crippen LogP contribution in [0.2, 0.25) is 0 Å². The van der Waals surface area contributed by atoms with E-state index in [1.165, 1.54) is 6.21 Å². The number of aliphatic imine (C=N–C) groups is 2. The molecule has 0 aromatic carbocycles. The third-order valence-electron chi connectivity index (χ3n) is 1.37. The Labute approximate surface area is 69.5 Å². The first-order chi connectivity index (χ1) is 5.22. The maximum absolute atomic E-state index is 10.6. The van der Waals surface area contributed by atoms with Crippen LogP contribution in [0.3, 0.4) is 0 Å². The van der Waals surface area contributed by atoms with E-state index in [0.29, 0.717) is 12.7 Å². The van der Waals surface area contributed by atoms with Crippen LogP contribution in [0.25, 0.3) is 0 Å². The highest BCUT2D eigenvalue weighted by Gasteiger charge is 2.29. The Bertz CT molecular complexity index is 247. The highest BCUT2D eigenvalue weighted by Crippen LogP contribution is 2.17. The molecule has 1 aliphatic rings. The second-order valence-corrected chi connectivity index (χ2v) is 2.58. The van der Waals surface area contributed by atoms with Crippen LogP contribution in [0.15, 0.2) is 22.6 Å².